The van der Waals surface area contributed by atoms with Crippen LogP contribution in [0.2, 0.25) is 10.0 Å². The van der Waals surface area contributed by atoms with E-state index in [0.29, 0.717) is 26.3 Å². The average molecular weight is 441 g/mol. The third-order valence-corrected chi connectivity index (χ3v) is 7.75. The maximum absolute atomic E-state index is 12.7. The second-order valence-corrected chi connectivity index (χ2v) is 10.1. The van der Waals surface area contributed by atoms with Crippen molar-refractivity contribution in [1.29, 1.82) is 0 Å². The lowest BCUT2D eigenvalue weighted by molar-refractivity contribution is -0.0672. The van der Waals surface area contributed by atoms with Crippen molar-refractivity contribution in [2.24, 2.45) is 23.2 Å². The Hall–Kier alpha value is -1.04. The summed E-state index contributed by atoms with van der Waals surface area (Å²) in [5.74, 6) is 2.53. The van der Waals surface area contributed by atoms with Crippen molar-refractivity contribution >= 4 is 46.4 Å². The molecule has 0 radical (unpaired) electrons. The van der Waals surface area contributed by atoms with Crippen molar-refractivity contribution in [1.82, 2.24) is 10.6 Å². The SMILES string of the molecule is COc1c(Cl)cc(Cl)cc1C(=O)NC(=S)N[C@@H](C)C12CC3CC(CC(C3)C1)C2. The van der Waals surface area contributed by atoms with Crippen LogP contribution in [-0.4, -0.2) is 24.2 Å². The molecule has 0 aliphatic heterocycles. The number of methoxy groups -OCH3 is 1. The molecule has 4 bridgehead atoms. The minimum absolute atomic E-state index is 0.235. The minimum Gasteiger partial charge on any atom is -0.494 e. The molecule has 4 saturated carbocycles. The maximum Gasteiger partial charge on any atom is 0.261 e. The summed E-state index contributed by atoms with van der Waals surface area (Å²) >= 11 is 17.6. The van der Waals surface area contributed by atoms with Crippen LogP contribution in [0.5, 0.6) is 5.75 Å². The summed E-state index contributed by atoms with van der Waals surface area (Å²) < 4.78 is 5.26. The van der Waals surface area contributed by atoms with E-state index in [9.17, 15) is 4.79 Å². The van der Waals surface area contributed by atoms with Gasteiger partial charge in [0.2, 0.25) is 0 Å². The molecule has 1 aromatic rings. The zero-order valence-electron chi connectivity index (χ0n) is 16.2. The average Bonchev–Trinajstić information content (AvgIpc) is 2.59. The molecule has 2 N–H and O–H groups in total. The van der Waals surface area contributed by atoms with Crippen molar-refractivity contribution in [3.63, 3.8) is 0 Å². The van der Waals surface area contributed by atoms with Crippen molar-refractivity contribution < 1.29 is 9.53 Å². The molecule has 4 aliphatic carbocycles. The molecule has 28 heavy (non-hydrogen) atoms. The summed E-state index contributed by atoms with van der Waals surface area (Å²) in [5, 5.41) is 7.17. The quantitative estimate of drug-likeness (QED) is 0.630. The monoisotopic (exact) mass is 440 g/mol. The molecule has 7 heteroatoms. The number of amides is 1. The number of ether oxygens (including phenoxy) is 1. The first-order valence-electron chi connectivity index (χ1n) is 9.94. The second-order valence-electron chi connectivity index (χ2n) is 8.90. The smallest absolute Gasteiger partial charge is 0.261 e. The Balaban J connectivity index is 1.43. The van der Waals surface area contributed by atoms with Gasteiger partial charge in [-0.2, -0.15) is 0 Å². The highest BCUT2D eigenvalue weighted by atomic mass is 35.5. The van der Waals surface area contributed by atoms with Crippen LogP contribution in [0.4, 0.5) is 0 Å². The van der Waals surface area contributed by atoms with Crippen LogP contribution in [-0.2, 0) is 0 Å². The molecule has 5 rings (SSSR count). The highest BCUT2D eigenvalue weighted by Gasteiger charge is 2.53. The van der Waals surface area contributed by atoms with Gasteiger partial charge in [0, 0.05) is 11.1 Å². The predicted molar refractivity (Wildman–Crippen MR) is 116 cm³/mol. The lowest BCUT2D eigenvalue weighted by Gasteiger charge is -2.59. The molecule has 4 nitrogen and oxygen atoms in total. The van der Waals surface area contributed by atoms with E-state index in [-0.39, 0.29) is 17.5 Å². The van der Waals surface area contributed by atoms with E-state index in [2.05, 4.69) is 17.6 Å². The molecule has 0 unspecified atom stereocenters. The summed E-state index contributed by atoms with van der Waals surface area (Å²) in [7, 11) is 1.47. The van der Waals surface area contributed by atoms with Gasteiger partial charge in [0.05, 0.1) is 17.7 Å². The zero-order valence-corrected chi connectivity index (χ0v) is 18.5. The standard InChI is InChI=1S/C21H26Cl2N2O2S/c1-11(21-8-12-3-13(9-21)5-14(4-12)10-21)24-20(28)25-19(26)16-6-15(22)7-17(23)18(16)27-2/h6-7,11-14H,3-5,8-10H2,1-2H3,(H2,24,25,26,28)/t11-,12?,13?,14?,21?/m0/s1. The van der Waals surface area contributed by atoms with Gasteiger partial charge in [-0.3, -0.25) is 10.1 Å². The predicted octanol–water partition coefficient (Wildman–Crippen LogP) is 5.21. The first kappa shape index (κ1) is 20.2. The van der Waals surface area contributed by atoms with Crippen LogP contribution < -0.4 is 15.4 Å². The van der Waals surface area contributed by atoms with Gasteiger partial charge in [0.1, 0.15) is 5.75 Å². The molecule has 0 saturated heterocycles. The van der Waals surface area contributed by atoms with Crippen molar-refractivity contribution in [2.75, 3.05) is 7.11 Å². The van der Waals surface area contributed by atoms with Crippen LogP contribution in [0.15, 0.2) is 12.1 Å². The first-order chi connectivity index (χ1) is 13.3. The molecule has 1 amide bonds. The number of hydrogen-bond acceptors (Lipinski definition) is 3. The number of halogens is 2. The van der Waals surface area contributed by atoms with Crippen LogP contribution in [0.3, 0.4) is 0 Å². The minimum atomic E-state index is -0.378. The van der Waals surface area contributed by atoms with Crippen LogP contribution in [0.25, 0.3) is 0 Å². The van der Waals surface area contributed by atoms with Gasteiger partial charge in [-0.05, 0) is 93.0 Å². The van der Waals surface area contributed by atoms with Crippen LogP contribution in [0, 0.1) is 23.2 Å². The molecule has 1 atom stereocenters. The Morgan fingerprint density at radius 2 is 1.75 bits per heavy atom. The Kier molecular flexibility index (Phi) is 5.54. The van der Waals surface area contributed by atoms with Gasteiger partial charge in [-0.1, -0.05) is 23.2 Å². The molecule has 0 spiro atoms. The van der Waals surface area contributed by atoms with Crippen molar-refractivity contribution in [3.8, 4) is 5.75 Å². The Morgan fingerprint density at radius 3 is 2.29 bits per heavy atom. The lowest BCUT2D eigenvalue weighted by atomic mass is 9.48. The fourth-order valence-electron chi connectivity index (χ4n) is 6.20. The molecule has 4 fully saturated rings. The fraction of sp³-hybridized carbons (Fsp3) is 0.619. The lowest BCUT2D eigenvalue weighted by Crippen LogP contribution is -2.57. The van der Waals surface area contributed by atoms with Gasteiger partial charge in [0.15, 0.2) is 5.11 Å². The maximum atomic E-state index is 12.7. The third kappa shape index (κ3) is 3.73. The fourth-order valence-corrected chi connectivity index (χ4v) is 7.04. The van der Waals surface area contributed by atoms with E-state index >= 15 is 0 Å². The third-order valence-electron chi connectivity index (χ3n) is 7.04. The number of hydrogen-bond donors (Lipinski definition) is 2. The normalized spacial score (nSPS) is 31.4. The zero-order chi connectivity index (χ0) is 20.1. The van der Waals surface area contributed by atoms with Gasteiger partial charge >= 0.3 is 0 Å². The van der Waals surface area contributed by atoms with E-state index in [1.54, 1.807) is 6.07 Å². The Bertz CT molecular complexity index is 779. The molecule has 0 heterocycles. The number of rotatable bonds is 4. The van der Waals surface area contributed by atoms with E-state index in [1.165, 1.54) is 51.7 Å². The summed E-state index contributed by atoms with van der Waals surface area (Å²) in [6.07, 6.45) is 8.05. The van der Waals surface area contributed by atoms with E-state index in [0.717, 1.165) is 17.8 Å². The Labute approximate surface area is 181 Å². The summed E-state index contributed by atoms with van der Waals surface area (Å²) in [4.78, 5) is 12.7. The molecular formula is C21H26Cl2N2O2S. The summed E-state index contributed by atoms with van der Waals surface area (Å²) in [6, 6.07) is 3.32. The molecule has 4 aliphatic rings. The van der Waals surface area contributed by atoms with Crippen molar-refractivity contribution in [2.45, 2.75) is 51.5 Å². The van der Waals surface area contributed by atoms with Gasteiger partial charge < -0.3 is 10.1 Å². The number of nitrogens with one attached hydrogen (secondary N) is 2. The molecule has 1 aromatic carbocycles. The van der Waals surface area contributed by atoms with E-state index < -0.39 is 0 Å². The van der Waals surface area contributed by atoms with Gasteiger partial charge in [0.25, 0.3) is 5.91 Å². The van der Waals surface area contributed by atoms with E-state index in [1.807, 2.05) is 0 Å². The molecule has 0 aromatic heterocycles. The second kappa shape index (κ2) is 7.66. The van der Waals surface area contributed by atoms with E-state index in [4.69, 9.17) is 40.2 Å². The van der Waals surface area contributed by atoms with Gasteiger partial charge in [-0.15, -0.1) is 0 Å². The Morgan fingerprint density at radius 1 is 1.18 bits per heavy atom. The first-order valence-corrected chi connectivity index (χ1v) is 11.1. The number of benzene rings is 1. The summed E-state index contributed by atoms with van der Waals surface area (Å²) in [6.45, 7) is 2.21. The number of thiocarbonyl (C=S) groups is 1. The number of carbonyl (C=O) groups is 1. The van der Waals surface area contributed by atoms with Crippen molar-refractivity contribution in [3.05, 3.63) is 27.7 Å². The largest absolute Gasteiger partial charge is 0.494 e. The van der Waals surface area contributed by atoms with Gasteiger partial charge in [-0.25, -0.2) is 0 Å². The molecular weight excluding hydrogens is 415 g/mol. The molecule has 152 valence electrons. The van der Waals surface area contributed by atoms with Crippen LogP contribution in [0.1, 0.15) is 55.8 Å². The highest BCUT2D eigenvalue weighted by molar-refractivity contribution is 7.80. The van der Waals surface area contributed by atoms with Crippen LogP contribution >= 0.6 is 35.4 Å². The topological polar surface area (TPSA) is 50.4 Å². The number of carbonyl (C=O) groups excluding carboxylic acids is 1. The highest BCUT2D eigenvalue weighted by Crippen LogP contribution is 2.61. The summed E-state index contributed by atoms with van der Waals surface area (Å²) in [5.41, 5.74) is 0.576.